The molecule has 106 valence electrons. The number of carbonyl (C=O) groups excluding carboxylic acids is 1. The fraction of sp³-hybridized carbons (Fsp3) is 0.933. The van der Waals surface area contributed by atoms with Crippen LogP contribution in [-0.2, 0) is 9.53 Å². The Labute approximate surface area is 111 Å². The van der Waals surface area contributed by atoms with Crippen molar-refractivity contribution in [2.75, 3.05) is 6.61 Å². The summed E-state index contributed by atoms with van der Waals surface area (Å²) in [6, 6.07) is 0. The van der Waals surface area contributed by atoms with Gasteiger partial charge in [-0.25, -0.2) is 0 Å². The third-order valence-corrected chi connectivity index (χ3v) is 3.80. The molecular formula is C15H28O3. The summed E-state index contributed by atoms with van der Waals surface area (Å²) in [4.78, 5) is 11.1. The maximum absolute atomic E-state index is 11.1. The van der Waals surface area contributed by atoms with Crippen molar-refractivity contribution in [1.82, 2.24) is 0 Å². The summed E-state index contributed by atoms with van der Waals surface area (Å²) in [5.74, 6) is -0.247. The standard InChI is InChI=1S/C15H28O3/c1-2-3-4-5-6-7-8-9-10-15(17)11-12-18-14(16)13-15/h17H,2-13H2,1H3/t15-/m1/s1. The van der Waals surface area contributed by atoms with Gasteiger partial charge in [-0.2, -0.15) is 0 Å². The van der Waals surface area contributed by atoms with Crippen LogP contribution in [0.25, 0.3) is 0 Å². The van der Waals surface area contributed by atoms with Crippen LogP contribution in [0, 0.1) is 0 Å². The second kappa shape index (κ2) is 8.52. The number of cyclic esters (lactones) is 1. The minimum Gasteiger partial charge on any atom is -0.465 e. The minimum absolute atomic E-state index is 0.184. The van der Waals surface area contributed by atoms with Gasteiger partial charge in [0.25, 0.3) is 0 Å². The molecule has 0 unspecified atom stereocenters. The molecule has 18 heavy (non-hydrogen) atoms. The summed E-state index contributed by atoms with van der Waals surface area (Å²) >= 11 is 0. The van der Waals surface area contributed by atoms with Gasteiger partial charge in [-0.15, -0.1) is 0 Å². The average molecular weight is 256 g/mol. The van der Waals surface area contributed by atoms with Gasteiger partial charge in [0, 0.05) is 6.42 Å². The zero-order chi connectivity index (χ0) is 13.3. The third-order valence-electron chi connectivity index (χ3n) is 3.80. The molecule has 3 heteroatoms. The van der Waals surface area contributed by atoms with Crippen molar-refractivity contribution in [1.29, 1.82) is 0 Å². The molecule has 0 aromatic heterocycles. The van der Waals surface area contributed by atoms with E-state index in [-0.39, 0.29) is 12.4 Å². The van der Waals surface area contributed by atoms with Crippen LogP contribution in [0.1, 0.15) is 77.6 Å². The van der Waals surface area contributed by atoms with Gasteiger partial charge in [-0.3, -0.25) is 4.79 Å². The fourth-order valence-electron chi connectivity index (χ4n) is 2.56. The van der Waals surface area contributed by atoms with Gasteiger partial charge < -0.3 is 9.84 Å². The smallest absolute Gasteiger partial charge is 0.308 e. The lowest BCUT2D eigenvalue weighted by molar-refractivity contribution is -0.160. The van der Waals surface area contributed by atoms with Crippen LogP contribution >= 0.6 is 0 Å². The van der Waals surface area contributed by atoms with Crippen molar-refractivity contribution in [3.05, 3.63) is 0 Å². The fourth-order valence-corrected chi connectivity index (χ4v) is 2.56. The number of aliphatic hydroxyl groups is 1. The highest BCUT2D eigenvalue weighted by Gasteiger charge is 2.33. The predicted octanol–water partition coefficient (Wildman–Crippen LogP) is 3.59. The topological polar surface area (TPSA) is 46.5 Å². The minimum atomic E-state index is -0.780. The summed E-state index contributed by atoms with van der Waals surface area (Å²) in [7, 11) is 0. The molecule has 0 saturated carbocycles. The molecule has 1 fully saturated rings. The molecule has 0 spiro atoms. The maximum Gasteiger partial charge on any atom is 0.308 e. The maximum atomic E-state index is 11.1. The average Bonchev–Trinajstić information content (AvgIpc) is 2.32. The highest BCUT2D eigenvalue weighted by atomic mass is 16.5. The zero-order valence-electron chi connectivity index (χ0n) is 11.7. The van der Waals surface area contributed by atoms with Crippen molar-refractivity contribution in [3.8, 4) is 0 Å². The van der Waals surface area contributed by atoms with E-state index in [2.05, 4.69) is 6.92 Å². The van der Waals surface area contributed by atoms with E-state index in [1.54, 1.807) is 0 Å². The summed E-state index contributed by atoms with van der Waals surface area (Å²) in [6.07, 6.45) is 11.6. The van der Waals surface area contributed by atoms with E-state index in [1.807, 2.05) is 0 Å². The van der Waals surface area contributed by atoms with Crippen LogP contribution in [0.4, 0.5) is 0 Å². The Bertz CT molecular complexity index is 240. The van der Waals surface area contributed by atoms with E-state index in [0.717, 1.165) is 12.8 Å². The van der Waals surface area contributed by atoms with E-state index >= 15 is 0 Å². The quantitative estimate of drug-likeness (QED) is 0.506. The van der Waals surface area contributed by atoms with Crippen molar-refractivity contribution < 1.29 is 14.6 Å². The first-order valence-corrected chi connectivity index (χ1v) is 7.54. The van der Waals surface area contributed by atoms with E-state index in [0.29, 0.717) is 13.0 Å². The number of unbranched alkanes of at least 4 members (excludes halogenated alkanes) is 7. The van der Waals surface area contributed by atoms with Gasteiger partial charge in [-0.1, -0.05) is 58.3 Å². The van der Waals surface area contributed by atoms with Gasteiger partial charge >= 0.3 is 5.97 Å². The van der Waals surface area contributed by atoms with Crippen LogP contribution in [0.5, 0.6) is 0 Å². The lowest BCUT2D eigenvalue weighted by Crippen LogP contribution is -2.38. The number of esters is 1. The normalized spacial score (nSPS) is 24.0. The molecule has 1 rings (SSSR count). The Kier molecular flexibility index (Phi) is 7.33. The van der Waals surface area contributed by atoms with Gasteiger partial charge in [-0.05, 0) is 6.42 Å². The Morgan fingerprint density at radius 3 is 2.33 bits per heavy atom. The molecule has 3 nitrogen and oxygen atoms in total. The van der Waals surface area contributed by atoms with E-state index in [4.69, 9.17) is 4.74 Å². The highest BCUT2D eigenvalue weighted by molar-refractivity contribution is 5.71. The molecule has 1 atom stereocenters. The number of hydrogen-bond donors (Lipinski definition) is 1. The van der Waals surface area contributed by atoms with Gasteiger partial charge in [0.2, 0.25) is 0 Å². The Hall–Kier alpha value is -0.570. The van der Waals surface area contributed by atoms with Gasteiger partial charge in [0.1, 0.15) is 0 Å². The molecule has 0 bridgehead atoms. The molecule has 0 aliphatic carbocycles. The Balaban J connectivity index is 1.98. The molecule has 0 amide bonds. The Morgan fingerprint density at radius 1 is 1.11 bits per heavy atom. The summed E-state index contributed by atoms with van der Waals surface area (Å²) in [6.45, 7) is 2.61. The molecule has 0 radical (unpaired) electrons. The monoisotopic (exact) mass is 256 g/mol. The molecule has 1 heterocycles. The van der Waals surface area contributed by atoms with Crippen molar-refractivity contribution in [2.24, 2.45) is 0 Å². The molecule has 1 aliphatic rings. The van der Waals surface area contributed by atoms with E-state index in [9.17, 15) is 9.90 Å². The molecule has 1 saturated heterocycles. The van der Waals surface area contributed by atoms with Crippen LogP contribution in [0.15, 0.2) is 0 Å². The Morgan fingerprint density at radius 2 is 1.72 bits per heavy atom. The summed E-state index contributed by atoms with van der Waals surface area (Å²) in [5.41, 5.74) is -0.780. The van der Waals surface area contributed by atoms with Gasteiger partial charge in [0.05, 0.1) is 18.6 Å². The van der Waals surface area contributed by atoms with Crippen molar-refractivity contribution in [2.45, 2.75) is 83.2 Å². The molecular weight excluding hydrogens is 228 g/mol. The lowest BCUT2D eigenvalue weighted by Gasteiger charge is -2.30. The van der Waals surface area contributed by atoms with Gasteiger partial charge in [0.15, 0.2) is 0 Å². The van der Waals surface area contributed by atoms with Crippen LogP contribution in [0.3, 0.4) is 0 Å². The molecule has 1 N–H and O–H groups in total. The van der Waals surface area contributed by atoms with Crippen LogP contribution in [0.2, 0.25) is 0 Å². The lowest BCUT2D eigenvalue weighted by atomic mass is 9.88. The first-order chi connectivity index (χ1) is 8.66. The number of ether oxygens (including phenoxy) is 1. The molecule has 0 aromatic carbocycles. The van der Waals surface area contributed by atoms with E-state index in [1.165, 1.54) is 44.9 Å². The number of rotatable bonds is 9. The number of carbonyl (C=O) groups is 1. The highest BCUT2D eigenvalue weighted by Crippen LogP contribution is 2.27. The van der Waals surface area contributed by atoms with Crippen molar-refractivity contribution in [3.63, 3.8) is 0 Å². The zero-order valence-corrected chi connectivity index (χ0v) is 11.7. The second-order valence-electron chi connectivity index (χ2n) is 5.60. The second-order valence-corrected chi connectivity index (χ2v) is 5.60. The molecule has 0 aromatic rings. The van der Waals surface area contributed by atoms with Crippen LogP contribution < -0.4 is 0 Å². The van der Waals surface area contributed by atoms with E-state index < -0.39 is 5.60 Å². The summed E-state index contributed by atoms with van der Waals surface area (Å²) in [5, 5.41) is 10.2. The SMILES string of the molecule is CCCCCCCCCC[C@@]1(O)CCOC(=O)C1. The first-order valence-electron chi connectivity index (χ1n) is 7.54. The number of hydrogen-bond acceptors (Lipinski definition) is 3. The predicted molar refractivity (Wildman–Crippen MR) is 72.4 cm³/mol. The largest absolute Gasteiger partial charge is 0.465 e. The van der Waals surface area contributed by atoms with Crippen molar-refractivity contribution >= 4 is 5.97 Å². The third kappa shape index (κ3) is 6.39. The first kappa shape index (κ1) is 15.5. The van der Waals surface area contributed by atoms with Crippen LogP contribution in [-0.4, -0.2) is 23.3 Å². The summed E-state index contributed by atoms with van der Waals surface area (Å²) < 4.78 is 4.86. The molecule has 1 aliphatic heterocycles.